The molecule has 0 aliphatic carbocycles. The molecule has 0 radical (unpaired) electrons. The Balaban J connectivity index is 1.51. The first kappa shape index (κ1) is 17.5. The lowest BCUT2D eigenvalue weighted by atomic mass is 10.1. The average molecular weight is 346 g/mol. The number of ether oxygens (including phenoxy) is 1. The van der Waals surface area contributed by atoms with E-state index in [9.17, 15) is 4.79 Å². The van der Waals surface area contributed by atoms with Gasteiger partial charge >= 0.3 is 0 Å². The van der Waals surface area contributed by atoms with Crippen LogP contribution in [0.3, 0.4) is 0 Å². The molecular weight excluding hydrogens is 320 g/mol. The Labute approximate surface area is 148 Å². The third-order valence-corrected chi connectivity index (χ3v) is 4.52. The predicted octanol–water partition coefficient (Wildman–Crippen LogP) is 0.381. The summed E-state index contributed by atoms with van der Waals surface area (Å²) >= 11 is 0. The van der Waals surface area contributed by atoms with Crippen LogP contribution in [0.25, 0.3) is 0 Å². The molecule has 0 atom stereocenters. The number of rotatable bonds is 4. The van der Waals surface area contributed by atoms with Crippen LogP contribution in [0.1, 0.15) is 12.8 Å². The lowest BCUT2D eigenvalue weighted by Crippen LogP contribution is -2.55. The number of aromatic nitrogens is 2. The number of aliphatic imine (C=N–C) groups is 1. The van der Waals surface area contributed by atoms with Gasteiger partial charge in [0.05, 0.1) is 25.1 Å². The standard InChI is InChI=1S/C17H26N6O2/c1-18-17(19-6-3-14-4-9-25-10-5-14)22-7-8-23(16(24)13-22)15-11-20-21(2)12-15/h4,11-12H,3,5-10,13H2,1-2H3,(H,18,19). The SMILES string of the molecule is CN=C(NCCC1=CCOCC1)N1CCN(c2cnn(C)c2)C(=O)C1. The normalized spacial score (nSPS) is 19.2. The van der Waals surface area contributed by atoms with Crippen LogP contribution in [0.4, 0.5) is 5.69 Å². The quantitative estimate of drug-likeness (QED) is 0.485. The van der Waals surface area contributed by atoms with Crippen LogP contribution in [0.15, 0.2) is 29.0 Å². The molecule has 1 amide bonds. The van der Waals surface area contributed by atoms with Gasteiger partial charge in [0.25, 0.3) is 0 Å². The second-order valence-corrected chi connectivity index (χ2v) is 6.25. The first-order valence-corrected chi connectivity index (χ1v) is 8.67. The van der Waals surface area contributed by atoms with E-state index in [0.717, 1.165) is 50.8 Å². The van der Waals surface area contributed by atoms with Crippen molar-refractivity contribution in [1.82, 2.24) is 20.0 Å². The molecule has 25 heavy (non-hydrogen) atoms. The summed E-state index contributed by atoms with van der Waals surface area (Å²) in [6, 6.07) is 0. The highest BCUT2D eigenvalue weighted by molar-refractivity contribution is 5.98. The molecule has 0 saturated carbocycles. The van der Waals surface area contributed by atoms with Gasteiger partial charge in [0.2, 0.25) is 5.91 Å². The molecule has 2 aliphatic rings. The number of piperazine rings is 1. The van der Waals surface area contributed by atoms with Crippen molar-refractivity contribution in [3.63, 3.8) is 0 Å². The van der Waals surface area contributed by atoms with Crippen LogP contribution in [-0.4, -0.2) is 73.0 Å². The summed E-state index contributed by atoms with van der Waals surface area (Å²) in [5.41, 5.74) is 2.27. The van der Waals surface area contributed by atoms with Crippen LogP contribution in [0, 0.1) is 0 Å². The number of nitrogens with zero attached hydrogens (tertiary/aromatic N) is 5. The monoisotopic (exact) mass is 346 g/mol. The van der Waals surface area contributed by atoms with Gasteiger partial charge in [0.1, 0.15) is 6.54 Å². The summed E-state index contributed by atoms with van der Waals surface area (Å²) in [4.78, 5) is 20.6. The summed E-state index contributed by atoms with van der Waals surface area (Å²) in [6.45, 7) is 4.05. The maximum Gasteiger partial charge on any atom is 0.246 e. The van der Waals surface area contributed by atoms with Crippen molar-refractivity contribution in [1.29, 1.82) is 0 Å². The number of hydrogen-bond acceptors (Lipinski definition) is 4. The maximum absolute atomic E-state index is 12.5. The molecule has 8 nitrogen and oxygen atoms in total. The molecule has 2 aliphatic heterocycles. The molecule has 0 unspecified atom stereocenters. The Kier molecular flexibility index (Phi) is 5.70. The van der Waals surface area contributed by atoms with E-state index in [0.29, 0.717) is 13.1 Å². The van der Waals surface area contributed by atoms with E-state index in [1.54, 1.807) is 22.8 Å². The van der Waals surface area contributed by atoms with Crippen molar-refractivity contribution in [3.05, 3.63) is 24.0 Å². The van der Waals surface area contributed by atoms with Crippen LogP contribution >= 0.6 is 0 Å². The minimum absolute atomic E-state index is 0.0642. The summed E-state index contributed by atoms with van der Waals surface area (Å²) in [5, 5.41) is 7.51. The van der Waals surface area contributed by atoms with Crippen molar-refractivity contribution in [2.75, 3.05) is 51.3 Å². The first-order chi connectivity index (χ1) is 12.2. The van der Waals surface area contributed by atoms with Gasteiger partial charge < -0.3 is 19.9 Å². The number of aryl methyl sites for hydroxylation is 1. The fraction of sp³-hybridized carbons (Fsp3) is 0.588. The van der Waals surface area contributed by atoms with Gasteiger partial charge in [-0.15, -0.1) is 0 Å². The Morgan fingerprint density at radius 2 is 2.32 bits per heavy atom. The van der Waals surface area contributed by atoms with E-state index in [1.807, 2.05) is 18.1 Å². The van der Waals surface area contributed by atoms with Gasteiger partial charge in [0, 0.05) is 39.9 Å². The van der Waals surface area contributed by atoms with Crippen molar-refractivity contribution >= 4 is 17.6 Å². The number of carbonyl (C=O) groups excluding carboxylic acids is 1. The van der Waals surface area contributed by atoms with Gasteiger partial charge in [-0.25, -0.2) is 0 Å². The molecule has 1 saturated heterocycles. The summed E-state index contributed by atoms with van der Waals surface area (Å²) in [6.07, 6.45) is 7.73. The van der Waals surface area contributed by atoms with E-state index in [4.69, 9.17) is 4.74 Å². The lowest BCUT2D eigenvalue weighted by Gasteiger charge is -2.35. The summed E-state index contributed by atoms with van der Waals surface area (Å²) in [7, 11) is 3.61. The van der Waals surface area contributed by atoms with Gasteiger partial charge in [-0.3, -0.25) is 14.5 Å². The van der Waals surface area contributed by atoms with E-state index >= 15 is 0 Å². The second kappa shape index (κ2) is 8.15. The predicted molar refractivity (Wildman–Crippen MR) is 96.6 cm³/mol. The van der Waals surface area contributed by atoms with Gasteiger partial charge in [-0.05, 0) is 12.8 Å². The fourth-order valence-electron chi connectivity index (χ4n) is 3.13. The molecule has 1 fully saturated rings. The number of hydrogen-bond donors (Lipinski definition) is 1. The topological polar surface area (TPSA) is 75.0 Å². The summed E-state index contributed by atoms with van der Waals surface area (Å²) < 4.78 is 7.04. The number of guanidine groups is 1. The first-order valence-electron chi connectivity index (χ1n) is 8.67. The smallest absolute Gasteiger partial charge is 0.246 e. The van der Waals surface area contributed by atoms with Crippen molar-refractivity contribution < 1.29 is 9.53 Å². The largest absolute Gasteiger partial charge is 0.377 e. The van der Waals surface area contributed by atoms with E-state index in [1.165, 1.54) is 5.57 Å². The second-order valence-electron chi connectivity index (χ2n) is 6.25. The van der Waals surface area contributed by atoms with Crippen LogP contribution < -0.4 is 10.2 Å². The Morgan fingerprint density at radius 1 is 1.44 bits per heavy atom. The molecule has 3 rings (SSSR count). The third kappa shape index (κ3) is 4.39. The molecular formula is C17H26N6O2. The average Bonchev–Trinajstić information content (AvgIpc) is 3.05. The molecule has 1 aromatic rings. The number of nitrogens with one attached hydrogen (secondary N) is 1. The Hall–Kier alpha value is -2.35. The van der Waals surface area contributed by atoms with Crippen LogP contribution in [-0.2, 0) is 16.6 Å². The molecule has 136 valence electrons. The maximum atomic E-state index is 12.5. The third-order valence-electron chi connectivity index (χ3n) is 4.52. The van der Waals surface area contributed by atoms with Gasteiger partial charge in [-0.2, -0.15) is 5.10 Å². The zero-order chi connectivity index (χ0) is 17.6. The molecule has 0 aromatic carbocycles. The van der Waals surface area contributed by atoms with Crippen LogP contribution in [0.2, 0.25) is 0 Å². The molecule has 0 spiro atoms. The van der Waals surface area contributed by atoms with E-state index in [-0.39, 0.29) is 5.91 Å². The molecule has 8 heteroatoms. The van der Waals surface area contributed by atoms with Crippen molar-refractivity contribution in [3.8, 4) is 0 Å². The van der Waals surface area contributed by atoms with E-state index in [2.05, 4.69) is 21.5 Å². The fourth-order valence-corrected chi connectivity index (χ4v) is 3.13. The minimum Gasteiger partial charge on any atom is -0.377 e. The molecule has 1 aromatic heterocycles. The zero-order valence-corrected chi connectivity index (χ0v) is 14.9. The van der Waals surface area contributed by atoms with Gasteiger partial charge in [-0.1, -0.05) is 11.6 Å². The Morgan fingerprint density at radius 3 is 2.96 bits per heavy atom. The highest BCUT2D eigenvalue weighted by Crippen LogP contribution is 2.16. The van der Waals surface area contributed by atoms with Crippen molar-refractivity contribution in [2.24, 2.45) is 12.0 Å². The highest BCUT2D eigenvalue weighted by atomic mass is 16.5. The highest BCUT2D eigenvalue weighted by Gasteiger charge is 2.27. The number of anilines is 1. The number of amides is 1. The number of carbonyl (C=O) groups is 1. The molecule has 3 heterocycles. The van der Waals surface area contributed by atoms with Gasteiger partial charge in [0.15, 0.2) is 5.96 Å². The van der Waals surface area contributed by atoms with Crippen molar-refractivity contribution in [2.45, 2.75) is 12.8 Å². The lowest BCUT2D eigenvalue weighted by molar-refractivity contribution is -0.120. The minimum atomic E-state index is 0.0642. The summed E-state index contributed by atoms with van der Waals surface area (Å²) in [5.74, 6) is 0.848. The zero-order valence-electron chi connectivity index (χ0n) is 14.9. The molecule has 1 N–H and O–H groups in total. The Bertz CT molecular complexity index is 666. The molecule has 0 bridgehead atoms. The van der Waals surface area contributed by atoms with E-state index < -0.39 is 0 Å². The van der Waals surface area contributed by atoms with Crippen LogP contribution in [0.5, 0.6) is 0 Å².